The average Bonchev–Trinajstić information content (AvgIpc) is 3.28. The number of nitrogens with zero attached hydrogens (tertiary/aromatic N) is 1. The molecule has 0 radical (unpaired) electrons. The summed E-state index contributed by atoms with van der Waals surface area (Å²) in [4.78, 5) is 15.5. The number of carbonyl (C=O) groups excluding carboxylic acids is 1. The Morgan fingerprint density at radius 3 is 2.93 bits per heavy atom. The van der Waals surface area contributed by atoms with Crippen molar-refractivity contribution in [2.24, 2.45) is 5.41 Å². The van der Waals surface area contributed by atoms with E-state index in [1.165, 1.54) is 12.7 Å². The lowest BCUT2D eigenvalue weighted by molar-refractivity contribution is -0.179. The Kier molecular flexibility index (Phi) is 3.69. The lowest BCUT2D eigenvalue weighted by Crippen LogP contribution is -2.73. The Bertz CT molecular complexity index is 870. The van der Waals surface area contributed by atoms with Crippen LogP contribution in [-0.2, 0) is 14.9 Å². The smallest absolute Gasteiger partial charge is 0.340 e. The Morgan fingerprint density at radius 1 is 1.39 bits per heavy atom. The summed E-state index contributed by atoms with van der Waals surface area (Å²) in [5.74, 6) is 0.218. The first kappa shape index (κ1) is 18.0. The zero-order chi connectivity index (χ0) is 19.7. The van der Waals surface area contributed by atoms with Gasteiger partial charge < -0.3 is 19.9 Å². The molecule has 5 rings (SSSR count). The van der Waals surface area contributed by atoms with Gasteiger partial charge in [-0.3, -0.25) is 4.90 Å². The van der Waals surface area contributed by atoms with Crippen molar-refractivity contribution >= 4 is 11.7 Å². The molecule has 1 saturated carbocycles. The monoisotopic (exact) mass is 384 g/mol. The van der Waals surface area contributed by atoms with E-state index in [1.807, 2.05) is 12.1 Å². The standard InChI is InChI=1S/C22H28N2O4/c1-4-20-8-5-10-24-11-9-21(18(20)24)15-7-6-14(27-2)12-16(15)23-17(21)22(26,13-20)19(25)28-3/h5-8,12,17-18,23,26H,4,9-11,13H2,1-3H3/t17-,18-,20-,21+,22+/m0/s1. The first-order valence-corrected chi connectivity index (χ1v) is 10.1. The summed E-state index contributed by atoms with van der Waals surface area (Å²) in [7, 11) is 3.01. The van der Waals surface area contributed by atoms with Gasteiger partial charge in [0.15, 0.2) is 5.60 Å². The molecule has 5 atom stereocenters. The number of rotatable bonds is 3. The van der Waals surface area contributed by atoms with Crippen LogP contribution < -0.4 is 10.1 Å². The second-order valence-electron chi connectivity index (χ2n) is 8.76. The number of fused-ring (bicyclic) bond motifs is 1. The van der Waals surface area contributed by atoms with Gasteiger partial charge >= 0.3 is 5.97 Å². The van der Waals surface area contributed by atoms with Gasteiger partial charge in [0, 0.05) is 35.2 Å². The van der Waals surface area contributed by atoms with Crippen LogP contribution in [0.2, 0.25) is 0 Å². The summed E-state index contributed by atoms with van der Waals surface area (Å²) >= 11 is 0. The Morgan fingerprint density at radius 2 is 2.21 bits per heavy atom. The number of aliphatic hydroxyl groups is 1. The summed E-state index contributed by atoms with van der Waals surface area (Å²) in [5.41, 5.74) is -0.0671. The van der Waals surface area contributed by atoms with Crippen molar-refractivity contribution in [3.8, 4) is 5.75 Å². The van der Waals surface area contributed by atoms with Crippen molar-refractivity contribution in [2.45, 2.75) is 49.3 Å². The van der Waals surface area contributed by atoms with Crippen molar-refractivity contribution in [1.82, 2.24) is 4.90 Å². The van der Waals surface area contributed by atoms with Gasteiger partial charge in [0.05, 0.1) is 20.3 Å². The molecule has 0 bridgehead atoms. The molecule has 1 saturated heterocycles. The van der Waals surface area contributed by atoms with E-state index < -0.39 is 17.6 Å². The Hall–Kier alpha value is -2.05. The summed E-state index contributed by atoms with van der Waals surface area (Å²) in [6.45, 7) is 4.04. The number of ether oxygens (including phenoxy) is 2. The van der Waals surface area contributed by atoms with Crippen LogP contribution in [0.15, 0.2) is 30.4 Å². The topological polar surface area (TPSA) is 71.0 Å². The number of carbonyl (C=O) groups is 1. The number of anilines is 1. The van der Waals surface area contributed by atoms with Crippen LogP contribution in [-0.4, -0.2) is 61.0 Å². The molecule has 6 nitrogen and oxygen atoms in total. The quantitative estimate of drug-likeness (QED) is 0.614. The minimum absolute atomic E-state index is 0.243. The van der Waals surface area contributed by atoms with Gasteiger partial charge in [-0.1, -0.05) is 25.1 Å². The van der Waals surface area contributed by atoms with Crippen molar-refractivity contribution in [3.05, 3.63) is 35.9 Å². The van der Waals surface area contributed by atoms with Crippen molar-refractivity contribution in [2.75, 3.05) is 32.6 Å². The van der Waals surface area contributed by atoms with Crippen LogP contribution in [0, 0.1) is 5.41 Å². The number of benzene rings is 1. The van der Waals surface area contributed by atoms with Crippen LogP contribution >= 0.6 is 0 Å². The van der Waals surface area contributed by atoms with Crippen LogP contribution in [0.25, 0.3) is 0 Å². The number of hydrogen-bond donors (Lipinski definition) is 2. The molecule has 1 aromatic rings. The lowest BCUT2D eigenvalue weighted by atomic mass is 9.49. The van der Waals surface area contributed by atoms with Crippen LogP contribution in [0.1, 0.15) is 31.7 Å². The number of methoxy groups -OCH3 is 2. The van der Waals surface area contributed by atoms with E-state index in [-0.39, 0.29) is 16.9 Å². The predicted molar refractivity (Wildman–Crippen MR) is 106 cm³/mol. The van der Waals surface area contributed by atoms with Gasteiger partial charge in [0.25, 0.3) is 0 Å². The highest BCUT2D eigenvalue weighted by Crippen LogP contribution is 2.65. The molecule has 0 aromatic heterocycles. The molecule has 2 fully saturated rings. The van der Waals surface area contributed by atoms with Gasteiger partial charge in [0.1, 0.15) is 5.75 Å². The van der Waals surface area contributed by atoms with Crippen molar-refractivity contribution in [1.29, 1.82) is 0 Å². The van der Waals surface area contributed by atoms with Crippen LogP contribution in [0.3, 0.4) is 0 Å². The molecule has 3 heterocycles. The summed E-state index contributed by atoms with van der Waals surface area (Å²) < 4.78 is 10.5. The largest absolute Gasteiger partial charge is 0.497 e. The van der Waals surface area contributed by atoms with E-state index in [4.69, 9.17) is 9.47 Å². The lowest BCUT2D eigenvalue weighted by Gasteiger charge is -2.59. The third kappa shape index (κ3) is 1.93. The van der Waals surface area contributed by atoms with Gasteiger partial charge in [-0.2, -0.15) is 0 Å². The minimum Gasteiger partial charge on any atom is -0.497 e. The van der Waals surface area contributed by atoms with Crippen molar-refractivity contribution < 1.29 is 19.4 Å². The molecule has 4 aliphatic rings. The van der Waals surface area contributed by atoms with E-state index in [0.717, 1.165) is 37.4 Å². The van der Waals surface area contributed by atoms with Gasteiger partial charge in [-0.15, -0.1) is 0 Å². The first-order valence-electron chi connectivity index (χ1n) is 10.1. The van der Waals surface area contributed by atoms with Gasteiger partial charge in [-0.05, 0) is 37.4 Å². The molecule has 150 valence electrons. The summed E-state index contributed by atoms with van der Waals surface area (Å²) in [6, 6.07) is 5.91. The maximum Gasteiger partial charge on any atom is 0.340 e. The maximum absolute atomic E-state index is 12.9. The number of hydrogen-bond acceptors (Lipinski definition) is 6. The highest BCUT2D eigenvalue weighted by molar-refractivity contribution is 5.84. The molecule has 0 amide bonds. The molecule has 6 heteroatoms. The van der Waals surface area contributed by atoms with Gasteiger partial charge in [-0.25, -0.2) is 4.79 Å². The maximum atomic E-state index is 12.9. The highest BCUT2D eigenvalue weighted by atomic mass is 16.5. The summed E-state index contributed by atoms with van der Waals surface area (Å²) in [6.07, 6.45) is 6.59. The van der Waals surface area contributed by atoms with Crippen LogP contribution in [0.5, 0.6) is 5.75 Å². The molecular weight excluding hydrogens is 356 g/mol. The minimum atomic E-state index is -1.59. The van der Waals surface area contributed by atoms with E-state index in [2.05, 4.69) is 35.4 Å². The fourth-order valence-electron chi connectivity index (χ4n) is 6.81. The molecule has 28 heavy (non-hydrogen) atoms. The zero-order valence-electron chi connectivity index (χ0n) is 16.7. The molecular formula is C22H28N2O4. The molecule has 0 unspecified atom stereocenters. The fraction of sp³-hybridized carbons (Fsp3) is 0.591. The highest BCUT2D eigenvalue weighted by Gasteiger charge is 2.73. The Labute approximate surface area is 165 Å². The van der Waals surface area contributed by atoms with Gasteiger partial charge in [0.2, 0.25) is 0 Å². The molecule has 2 N–H and O–H groups in total. The zero-order valence-corrected chi connectivity index (χ0v) is 16.7. The molecule has 1 spiro atoms. The average molecular weight is 384 g/mol. The third-order valence-electron chi connectivity index (χ3n) is 7.82. The normalized spacial score (nSPS) is 40.3. The van der Waals surface area contributed by atoms with E-state index in [9.17, 15) is 9.90 Å². The third-order valence-corrected chi connectivity index (χ3v) is 7.82. The van der Waals surface area contributed by atoms with E-state index in [1.54, 1.807) is 7.11 Å². The van der Waals surface area contributed by atoms with Crippen LogP contribution in [0.4, 0.5) is 5.69 Å². The van der Waals surface area contributed by atoms with E-state index in [0.29, 0.717) is 6.42 Å². The summed E-state index contributed by atoms with van der Waals surface area (Å²) in [5, 5.41) is 15.4. The SMILES string of the molecule is CC[C@]12C=CCN3CC[C@]4(c5ccc(OC)cc5N[C@@H]4[C@@](O)(C(=O)OC)C1)[C@@H]32. The van der Waals surface area contributed by atoms with Crippen molar-refractivity contribution in [3.63, 3.8) is 0 Å². The second kappa shape index (κ2) is 5.74. The number of esters is 1. The number of nitrogens with one attached hydrogen (secondary N) is 1. The molecule has 1 aromatic carbocycles. The second-order valence-corrected chi connectivity index (χ2v) is 8.76. The van der Waals surface area contributed by atoms with E-state index >= 15 is 0 Å². The predicted octanol–water partition coefficient (Wildman–Crippen LogP) is 2.08. The molecule has 3 aliphatic heterocycles. The first-order chi connectivity index (χ1) is 13.4. The Balaban J connectivity index is 1.78. The fourth-order valence-corrected chi connectivity index (χ4v) is 6.81. The molecule has 1 aliphatic carbocycles.